The normalized spacial score (nSPS) is 10.2. The van der Waals surface area contributed by atoms with Crippen molar-refractivity contribution in [1.82, 2.24) is 0 Å². The molecule has 0 heterocycles. The topological polar surface area (TPSA) is 64.6 Å². The lowest BCUT2D eigenvalue weighted by atomic mass is 10.2. The van der Waals surface area contributed by atoms with E-state index in [1.807, 2.05) is 19.1 Å². The lowest BCUT2D eigenvalue weighted by molar-refractivity contribution is -0.118. The molecular weight excluding hydrogens is 442 g/mol. The number of methoxy groups -OCH3 is 1. The molecule has 2 rings (SSSR count). The zero-order valence-corrected chi connectivity index (χ0v) is 16.2. The second-order valence-corrected chi connectivity index (χ2v) is 6.67. The summed E-state index contributed by atoms with van der Waals surface area (Å²) in [6, 6.07) is 10.2. The molecule has 0 saturated carbocycles. The smallest absolute Gasteiger partial charge is 0.337 e. The molecule has 0 radical (unpaired) electrons. The number of hydrogen-bond acceptors (Lipinski definition) is 4. The van der Waals surface area contributed by atoms with Gasteiger partial charge in [-0.15, -0.1) is 0 Å². The van der Waals surface area contributed by atoms with Gasteiger partial charge in [0.05, 0.1) is 18.4 Å². The molecule has 0 aliphatic heterocycles. The van der Waals surface area contributed by atoms with Crippen LogP contribution in [0.25, 0.3) is 0 Å². The Kier molecular flexibility index (Phi) is 6.39. The van der Waals surface area contributed by atoms with E-state index in [0.29, 0.717) is 17.0 Å². The minimum atomic E-state index is -0.423. The van der Waals surface area contributed by atoms with Crippen LogP contribution in [-0.4, -0.2) is 25.6 Å². The molecule has 0 saturated heterocycles. The summed E-state index contributed by atoms with van der Waals surface area (Å²) in [4.78, 5) is 23.4. The number of anilines is 1. The van der Waals surface area contributed by atoms with E-state index in [0.717, 1.165) is 14.5 Å². The van der Waals surface area contributed by atoms with Gasteiger partial charge in [-0.05, 0) is 80.7 Å². The van der Waals surface area contributed by atoms with Crippen molar-refractivity contribution < 1.29 is 19.1 Å². The van der Waals surface area contributed by atoms with E-state index in [-0.39, 0.29) is 12.5 Å². The highest BCUT2D eigenvalue weighted by Crippen LogP contribution is 2.32. The fourth-order valence-corrected chi connectivity index (χ4v) is 3.56. The summed E-state index contributed by atoms with van der Waals surface area (Å²) in [5.74, 6) is -0.231. The van der Waals surface area contributed by atoms with Crippen LogP contribution in [0.15, 0.2) is 45.3 Å². The molecule has 1 amide bonds. The molecule has 24 heavy (non-hydrogen) atoms. The molecule has 126 valence electrons. The van der Waals surface area contributed by atoms with Gasteiger partial charge in [-0.2, -0.15) is 0 Å². The Bertz CT molecular complexity index is 737. The summed E-state index contributed by atoms with van der Waals surface area (Å²) in [6.45, 7) is 1.81. The average Bonchev–Trinajstić information content (AvgIpc) is 2.56. The number of halogens is 2. The number of nitrogens with one attached hydrogen (secondary N) is 1. The summed E-state index contributed by atoms with van der Waals surface area (Å²) in [6.07, 6.45) is 0. The van der Waals surface area contributed by atoms with Crippen molar-refractivity contribution in [2.75, 3.05) is 19.0 Å². The van der Waals surface area contributed by atoms with Crippen molar-refractivity contribution in [3.63, 3.8) is 0 Å². The second-order valence-electron chi connectivity index (χ2n) is 4.96. The third kappa shape index (κ3) is 4.82. The Morgan fingerprint density at radius 3 is 2.21 bits per heavy atom. The number of esters is 1. The van der Waals surface area contributed by atoms with Crippen LogP contribution < -0.4 is 10.1 Å². The molecule has 0 fully saturated rings. The molecule has 2 aromatic carbocycles. The standard InChI is InChI=1S/C17H15Br2NO4/c1-10-7-13(18)16(14(19)8-10)20-15(21)9-24-12-5-3-11(4-6-12)17(22)23-2/h3-8H,9H2,1-2H3,(H,20,21). The Morgan fingerprint density at radius 2 is 1.67 bits per heavy atom. The Morgan fingerprint density at radius 1 is 1.08 bits per heavy atom. The van der Waals surface area contributed by atoms with Crippen LogP contribution >= 0.6 is 31.9 Å². The third-order valence-corrected chi connectivity index (χ3v) is 4.35. The first-order chi connectivity index (χ1) is 11.4. The first-order valence-corrected chi connectivity index (χ1v) is 8.56. The molecule has 7 heteroatoms. The highest BCUT2D eigenvalue weighted by Gasteiger charge is 2.11. The van der Waals surface area contributed by atoms with Crippen molar-refractivity contribution >= 4 is 49.4 Å². The summed E-state index contributed by atoms with van der Waals surface area (Å²) in [7, 11) is 1.32. The number of amides is 1. The van der Waals surface area contributed by atoms with E-state index < -0.39 is 5.97 Å². The molecule has 0 bridgehead atoms. The van der Waals surface area contributed by atoms with E-state index in [1.54, 1.807) is 24.3 Å². The third-order valence-electron chi connectivity index (χ3n) is 3.10. The van der Waals surface area contributed by atoms with E-state index in [4.69, 9.17) is 4.74 Å². The van der Waals surface area contributed by atoms with Gasteiger partial charge in [0.1, 0.15) is 5.75 Å². The average molecular weight is 457 g/mol. The van der Waals surface area contributed by atoms with Gasteiger partial charge < -0.3 is 14.8 Å². The number of rotatable bonds is 5. The van der Waals surface area contributed by atoms with Crippen LogP contribution in [0.5, 0.6) is 5.75 Å². The lowest BCUT2D eigenvalue weighted by Crippen LogP contribution is -2.20. The van der Waals surface area contributed by atoms with Gasteiger partial charge in [0.15, 0.2) is 6.61 Å². The minimum Gasteiger partial charge on any atom is -0.484 e. The van der Waals surface area contributed by atoms with E-state index >= 15 is 0 Å². The van der Waals surface area contributed by atoms with Crippen LogP contribution in [-0.2, 0) is 9.53 Å². The first kappa shape index (κ1) is 18.5. The van der Waals surface area contributed by atoms with Crippen molar-refractivity contribution in [1.29, 1.82) is 0 Å². The van der Waals surface area contributed by atoms with Crippen molar-refractivity contribution in [3.8, 4) is 5.75 Å². The highest BCUT2D eigenvalue weighted by molar-refractivity contribution is 9.11. The van der Waals surface area contributed by atoms with E-state index in [1.165, 1.54) is 7.11 Å². The fourth-order valence-electron chi connectivity index (χ4n) is 1.95. The molecule has 0 spiro atoms. The molecule has 5 nitrogen and oxygen atoms in total. The Labute approximate surface area is 156 Å². The molecule has 0 unspecified atom stereocenters. The number of hydrogen-bond donors (Lipinski definition) is 1. The Balaban J connectivity index is 1.95. The predicted molar refractivity (Wildman–Crippen MR) is 98.5 cm³/mol. The quantitative estimate of drug-likeness (QED) is 0.680. The second kappa shape index (κ2) is 8.30. The predicted octanol–water partition coefficient (Wildman–Crippen LogP) is 4.32. The van der Waals surface area contributed by atoms with Crippen LogP contribution in [0.1, 0.15) is 15.9 Å². The minimum absolute atomic E-state index is 0.148. The van der Waals surface area contributed by atoms with Crippen LogP contribution in [0, 0.1) is 6.92 Å². The molecule has 0 aliphatic rings. The molecular formula is C17H15Br2NO4. The Hall–Kier alpha value is -1.86. The largest absolute Gasteiger partial charge is 0.484 e. The summed E-state index contributed by atoms with van der Waals surface area (Å²) >= 11 is 6.84. The molecule has 0 atom stereocenters. The maximum absolute atomic E-state index is 12.0. The number of ether oxygens (including phenoxy) is 2. The molecule has 1 N–H and O–H groups in total. The number of benzene rings is 2. The number of carbonyl (C=O) groups is 2. The summed E-state index contributed by atoms with van der Waals surface area (Å²) in [5.41, 5.74) is 2.13. The van der Waals surface area contributed by atoms with Gasteiger partial charge in [-0.1, -0.05) is 0 Å². The van der Waals surface area contributed by atoms with Crippen molar-refractivity contribution in [3.05, 3.63) is 56.5 Å². The van der Waals surface area contributed by atoms with Gasteiger partial charge in [0, 0.05) is 8.95 Å². The van der Waals surface area contributed by atoms with Gasteiger partial charge in [-0.25, -0.2) is 4.79 Å². The van der Waals surface area contributed by atoms with Crippen molar-refractivity contribution in [2.24, 2.45) is 0 Å². The van der Waals surface area contributed by atoms with Gasteiger partial charge in [0.25, 0.3) is 5.91 Å². The first-order valence-electron chi connectivity index (χ1n) is 6.97. The van der Waals surface area contributed by atoms with E-state index in [2.05, 4.69) is 41.9 Å². The van der Waals surface area contributed by atoms with Gasteiger partial charge in [-0.3, -0.25) is 4.79 Å². The fraction of sp³-hybridized carbons (Fsp3) is 0.176. The maximum Gasteiger partial charge on any atom is 0.337 e. The van der Waals surface area contributed by atoms with Crippen LogP contribution in [0.4, 0.5) is 5.69 Å². The monoisotopic (exact) mass is 455 g/mol. The number of aryl methyl sites for hydroxylation is 1. The zero-order chi connectivity index (χ0) is 17.7. The zero-order valence-electron chi connectivity index (χ0n) is 13.1. The van der Waals surface area contributed by atoms with Crippen molar-refractivity contribution in [2.45, 2.75) is 6.92 Å². The van der Waals surface area contributed by atoms with Gasteiger partial charge in [0.2, 0.25) is 0 Å². The summed E-state index contributed by atoms with van der Waals surface area (Å²) in [5, 5.41) is 2.78. The molecule has 2 aromatic rings. The van der Waals surface area contributed by atoms with Crippen LogP contribution in [0.2, 0.25) is 0 Å². The molecule has 0 aromatic heterocycles. The lowest BCUT2D eigenvalue weighted by Gasteiger charge is -2.11. The summed E-state index contributed by atoms with van der Waals surface area (Å²) < 4.78 is 11.6. The van der Waals surface area contributed by atoms with Crippen LogP contribution in [0.3, 0.4) is 0 Å². The SMILES string of the molecule is COC(=O)c1ccc(OCC(=O)Nc2c(Br)cc(C)cc2Br)cc1. The molecule has 0 aliphatic carbocycles. The number of carbonyl (C=O) groups excluding carboxylic acids is 2. The van der Waals surface area contributed by atoms with E-state index in [9.17, 15) is 9.59 Å². The highest BCUT2D eigenvalue weighted by atomic mass is 79.9. The van der Waals surface area contributed by atoms with Gasteiger partial charge >= 0.3 is 5.97 Å². The maximum atomic E-state index is 12.0.